The number of aliphatic hydroxyl groups is 1. The van der Waals surface area contributed by atoms with E-state index in [0.717, 1.165) is 17.4 Å². The highest BCUT2D eigenvalue weighted by molar-refractivity contribution is 7.15. The molecule has 0 aliphatic carbocycles. The third-order valence-corrected chi connectivity index (χ3v) is 5.20. The van der Waals surface area contributed by atoms with Gasteiger partial charge in [-0.1, -0.05) is 11.8 Å². The monoisotopic (exact) mass is 392 g/mol. The first-order chi connectivity index (χ1) is 12.6. The van der Waals surface area contributed by atoms with Crippen LogP contribution in [0.1, 0.15) is 27.3 Å². The number of halogens is 2. The van der Waals surface area contributed by atoms with Crippen LogP contribution in [0.2, 0.25) is 0 Å². The molecule has 2 N–H and O–H groups in total. The molecule has 3 rings (SSSR count). The van der Waals surface area contributed by atoms with Crippen LogP contribution in [0.5, 0.6) is 0 Å². The van der Waals surface area contributed by atoms with Crippen molar-refractivity contribution in [2.45, 2.75) is 18.9 Å². The minimum atomic E-state index is -1.91. The summed E-state index contributed by atoms with van der Waals surface area (Å²) in [5.74, 6) is 1.06. The topological polar surface area (TPSA) is 90.7 Å². The molecule has 0 saturated carbocycles. The number of aromatic nitrogens is 1. The summed E-state index contributed by atoms with van der Waals surface area (Å²) >= 11 is 0.955. The fourth-order valence-electron chi connectivity index (χ4n) is 2.66. The number of rotatable bonds is 2. The van der Waals surface area contributed by atoms with Gasteiger partial charge in [0.05, 0.1) is 5.56 Å². The van der Waals surface area contributed by atoms with Gasteiger partial charge in [-0.05, 0) is 13.0 Å². The minimum Gasteiger partial charge on any atom is -0.476 e. The number of nitrogens with zero attached hydrogens (tertiary/aromatic N) is 2. The molecular weight excluding hydrogens is 378 g/mol. The van der Waals surface area contributed by atoms with Crippen molar-refractivity contribution in [1.29, 1.82) is 0 Å². The van der Waals surface area contributed by atoms with Crippen LogP contribution in [0.25, 0.3) is 10.6 Å². The van der Waals surface area contributed by atoms with Crippen molar-refractivity contribution < 1.29 is 28.6 Å². The van der Waals surface area contributed by atoms with E-state index >= 15 is 0 Å². The van der Waals surface area contributed by atoms with Crippen molar-refractivity contribution in [2.24, 2.45) is 0 Å². The second-order valence-electron chi connectivity index (χ2n) is 6.13. The molecule has 1 saturated heterocycles. The molecule has 0 spiro atoms. The van der Waals surface area contributed by atoms with Gasteiger partial charge in [-0.2, -0.15) is 0 Å². The number of benzene rings is 1. The molecule has 1 aliphatic rings. The maximum absolute atomic E-state index is 14.2. The first-order valence-electron chi connectivity index (χ1n) is 7.83. The van der Waals surface area contributed by atoms with Crippen LogP contribution in [0.15, 0.2) is 12.1 Å². The molecule has 9 heteroatoms. The van der Waals surface area contributed by atoms with Gasteiger partial charge in [-0.3, -0.25) is 4.79 Å². The van der Waals surface area contributed by atoms with Gasteiger partial charge in [-0.15, -0.1) is 11.3 Å². The van der Waals surface area contributed by atoms with Gasteiger partial charge in [0.25, 0.3) is 5.91 Å². The molecule has 1 aromatic heterocycles. The van der Waals surface area contributed by atoms with Crippen molar-refractivity contribution in [3.8, 4) is 22.4 Å². The summed E-state index contributed by atoms with van der Waals surface area (Å²) in [5.41, 5.74) is -2.46. The number of likely N-dealkylation sites (tertiary alicyclic amines) is 1. The second-order valence-corrected chi connectivity index (χ2v) is 7.33. The van der Waals surface area contributed by atoms with Crippen LogP contribution in [0.3, 0.4) is 0 Å². The molecule has 1 fully saturated rings. The first-order valence-corrected chi connectivity index (χ1v) is 8.65. The minimum absolute atomic E-state index is 0.0702. The van der Waals surface area contributed by atoms with E-state index in [9.17, 15) is 23.5 Å². The van der Waals surface area contributed by atoms with E-state index in [1.165, 1.54) is 18.9 Å². The SMILES string of the molecule is Cc1sc(-c2cc(C#CC3(O)CCN(C)C3=O)c(F)cc2F)nc1C(=O)O. The van der Waals surface area contributed by atoms with Gasteiger partial charge >= 0.3 is 5.97 Å². The van der Waals surface area contributed by atoms with E-state index < -0.39 is 29.1 Å². The molecule has 1 atom stereocenters. The molecule has 27 heavy (non-hydrogen) atoms. The quantitative estimate of drug-likeness (QED) is 0.764. The van der Waals surface area contributed by atoms with Gasteiger partial charge in [0.15, 0.2) is 5.69 Å². The number of aromatic carboxylic acids is 1. The number of carbonyl (C=O) groups is 2. The molecule has 0 bridgehead atoms. The van der Waals surface area contributed by atoms with E-state index in [4.69, 9.17) is 5.11 Å². The van der Waals surface area contributed by atoms with Crippen LogP contribution in [-0.2, 0) is 4.79 Å². The normalized spacial score (nSPS) is 19.1. The van der Waals surface area contributed by atoms with Crippen LogP contribution in [-0.4, -0.2) is 51.2 Å². The molecule has 1 unspecified atom stereocenters. The van der Waals surface area contributed by atoms with E-state index in [1.54, 1.807) is 0 Å². The summed E-state index contributed by atoms with van der Waals surface area (Å²) in [6.45, 7) is 1.85. The standard InChI is InChI=1S/C18H14F2N2O4S/c1-9-14(16(23)24)21-15(27-9)11-7-10(12(19)8-13(11)20)3-4-18(26)5-6-22(2)17(18)25/h7-8,26H,5-6H2,1-2H3,(H,23,24). The number of carboxylic acids is 1. The van der Waals surface area contributed by atoms with Crippen molar-refractivity contribution >= 4 is 23.2 Å². The van der Waals surface area contributed by atoms with Crippen molar-refractivity contribution in [3.63, 3.8) is 0 Å². The largest absolute Gasteiger partial charge is 0.476 e. The van der Waals surface area contributed by atoms with Gasteiger partial charge in [0.1, 0.15) is 16.6 Å². The van der Waals surface area contributed by atoms with Crippen LogP contribution < -0.4 is 0 Å². The molecule has 1 aromatic carbocycles. The average molecular weight is 392 g/mol. The lowest BCUT2D eigenvalue weighted by Crippen LogP contribution is -2.37. The number of carbonyl (C=O) groups excluding carboxylic acids is 1. The molecule has 140 valence electrons. The Labute approximate surface area is 157 Å². The van der Waals surface area contributed by atoms with Crippen molar-refractivity contribution in [3.05, 3.63) is 39.9 Å². The Balaban J connectivity index is 2.04. The van der Waals surface area contributed by atoms with Gasteiger partial charge in [-0.25, -0.2) is 18.6 Å². The maximum Gasteiger partial charge on any atom is 0.355 e. The number of carboxylic acid groups (broad SMARTS) is 1. The van der Waals surface area contributed by atoms with E-state index in [2.05, 4.69) is 16.8 Å². The van der Waals surface area contributed by atoms with Crippen LogP contribution in [0, 0.1) is 30.4 Å². The van der Waals surface area contributed by atoms with E-state index in [-0.39, 0.29) is 28.2 Å². The summed E-state index contributed by atoms with van der Waals surface area (Å²) in [4.78, 5) is 28.6. The van der Waals surface area contributed by atoms with E-state index in [1.807, 2.05) is 0 Å². The second kappa shape index (κ2) is 6.72. The highest BCUT2D eigenvalue weighted by Gasteiger charge is 2.42. The summed E-state index contributed by atoms with van der Waals surface area (Å²) in [6.07, 6.45) is 0.0820. The predicted molar refractivity (Wildman–Crippen MR) is 93.2 cm³/mol. The molecule has 1 amide bonds. The maximum atomic E-state index is 14.2. The Kier molecular flexibility index (Phi) is 4.71. The molecule has 2 heterocycles. The third kappa shape index (κ3) is 3.41. The Bertz CT molecular complexity index is 1020. The zero-order valence-electron chi connectivity index (χ0n) is 14.3. The lowest BCUT2D eigenvalue weighted by atomic mass is 10.0. The van der Waals surface area contributed by atoms with Crippen molar-refractivity contribution in [2.75, 3.05) is 13.6 Å². The molecule has 0 radical (unpaired) electrons. The summed E-state index contributed by atoms with van der Waals surface area (Å²) in [5, 5.41) is 19.4. The van der Waals surface area contributed by atoms with E-state index in [0.29, 0.717) is 17.5 Å². The Hall–Kier alpha value is -2.83. The smallest absolute Gasteiger partial charge is 0.355 e. The average Bonchev–Trinajstić information content (AvgIpc) is 3.10. The summed E-state index contributed by atoms with van der Waals surface area (Å²) in [7, 11) is 1.52. The van der Waals surface area contributed by atoms with Crippen LogP contribution in [0.4, 0.5) is 8.78 Å². The number of amides is 1. The third-order valence-electron chi connectivity index (χ3n) is 4.20. The number of thiazole rings is 1. The molecule has 6 nitrogen and oxygen atoms in total. The zero-order valence-corrected chi connectivity index (χ0v) is 15.2. The lowest BCUT2D eigenvalue weighted by Gasteiger charge is -2.13. The Morgan fingerprint density at radius 2 is 2.07 bits per heavy atom. The fourth-order valence-corrected chi connectivity index (χ4v) is 3.58. The van der Waals surface area contributed by atoms with Crippen LogP contribution >= 0.6 is 11.3 Å². The predicted octanol–water partition coefficient (Wildman–Crippen LogP) is 2.04. The number of hydrogen-bond donors (Lipinski definition) is 2. The lowest BCUT2D eigenvalue weighted by molar-refractivity contribution is -0.137. The van der Waals surface area contributed by atoms with Crippen molar-refractivity contribution in [1.82, 2.24) is 9.88 Å². The highest BCUT2D eigenvalue weighted by atomic mass is 32.1. The zero-order chi connectivity index (χ0) is 19.9. The number of likely N-dealkylation sites (N-methyl/N-ethyl adjacent to an activating group) is 1. The molecule has 1 aliphatic heterocycles. The first kappa shape index (κ1) is 18.9. The number of aryl methyl sites for hydroxylation is 1. The summed E-state index contributed by atoms with van der Waals surface area (Å²) < 4.78 is 28.3. The Morgan fingerprint density at radius 1 is 1.37 bits per heavy atom. The fraction of sp³-hybridized carbons (Fsp3) is 0.278. The van der Waals surface area contributed by atoms with Gasteiger partial charge in [0, 0.05) is 36.5 Å². The molecular formula is C18H14F2N2O4S. The summed E-state index contributed by atoms with van der Waals surface area (Å²) in [6, 6.07) is 1.71. The number of hydrogen-bond acceptors (Lipinski definition) is 5. The van der Waals surface area contributed by atoms with Gasteiger partial charge in [0.2, 0.25) is 5.60 Å². The molecule has 2 aromatic rings. The highest BCUT2D eigenvalue weighted by Crippen LogP contribution is 2.31. The van der Waals surface area contributed by atoms with Gasteiger partial charge < -0.3 is 15.1 Å². The Morgan fingerprint density at radius 3 is 2.63 bits per heavy atom.